The molecule has 0 aliphatic carbocycles. The molecule has 8 nitrogen and oxygen atoms in total. The largest absolute Gasteiger partial charge is 0.495 e. The Morgan fingerprint density at radius 1 is 1.19 bits per heavy atom. The molecular formula is C23H37N3O5S. The van der Waals surface area contributed by atoms with Gasteiger partial charge in [0.05, 0.1) is 19.3 Å². The lowest BCUT2D eigenvalue weighted by atomic mass is 9.95. The van der Waals surface area contributed by atoms with Crippen molar-refractivity contribution in [3.8, 4) is 5.75 Å². The van der Waals surface area contributed by atoms with Crippen LogP contribution >= 0.6 is 0 Å². The second-order valence-corrected chi connectivity index (χ2v) is 11.0. The van der Waals surface area contributed by atoms with Crippen molar-refractivity contribution in [3.63, 3.8) is 0 Å². The number of amides is 1. The predicted octanol–water partition coefficient (Wildman–Crippen LogP) is 2.34. The first-order valence-corrected chi connectivity index (χ1v) is 12.9. The van der Waals surface area contributed by atoms with E-state index in [0.29, 0.717) is 24.6 Å². The van der Waals surface area contributed by atoms with E-state index in [-0.39, 0.29) is 34.8 Å². The smallest absolute Gasteiger partial charge is 0.253 e. The molecule has 0 radical (unpaired) electrons. The Morgan fingerprint density at radius 3 is 2.38 bits per heavy atom. The highest BCUT2D eigenvalue weighted by Gasteiger charge is 2.29. The number of benzene rings is 1. The fraction of sp³-hybridized carbons (Fsp3) is 0.696. The first kappa shape index (κ1) is 25.0. The molecule has 2 atom stereocenters. The fourth-order valence-corrected chi connectivity index (χ4v) is 6.14. The van der Waals surface area contributed by atoms with Crippen molar-refractivity contribution in [3.05, 3.63) is 23.8 Å². The SMILES string of the molecule is COc1ccc(C(=O)N2CCC(CN3CC(C)OC(C)C3)CC2)cc1S(=O)(=O)NC(C)C. The van der Waals surface area contributed by atoms with Crippen molar-refractivity contribution >= 4 is 15.9 Å². The van der Waals surface area contributed by atoms with Crippen molar-refractivity contribution < 1.29 is 22.7 Å². The fourth-order valence-electron chi connectivity index (χ4n) is 4.69. The monoisotopic (exact) mass is 467 g/mol. The first-order chi connectivity index (χ1) is 15.1. The van der Waals surface area contributed by atoms with E-state index in [1.807, 2.05) is 4.90 Å². The summed E-state index contributed by atoms with van der Waals surface area (Å²) in [4.78, 5) is 17.4. The summed E-state index contributed by atoms with van der Waals surface area (Å²) in [5.74, 6) is 0.640. The van der Waals surface area contributed by atoms with Gasteiger partial charge in [-0.1, -0.05) is 0 Å². The lowest BCUT2D eigenvalue weighted by molar-refractivity contribution is -0.0728. The zero-order valence-corrected chi connectivity index (χ0v) is 20.7. The summed E-state index contributed by atoms with van der Waals surface area (Å²) in [7, 11) is -2.36. The number of rotatable bonds is 7. The van der Waals surface area contributed by atoms with Gasteiger partial charge in [-0.3, -0.25) is 9.69 Å². The number of piperidine rings is 1. The summed E-state index contributed by atoms with van der Waals surface area (Å²) in [6.45, 7) is 12.0. The molecule has 0 bridgehead atoms. The second kappa shape index (κ2) is 10.5. The van der Waals surface area contributed by atoms with Crippen molar-refractivity contribution in [2.75, 3.05) is 39.8 Å². The van der Waals surface area contributed by atoms with Crippen LogP contribution < -0.4 is 9.46 Å². The Kier molecular flexibility index (Phi) is 8.19. The van der Waals surface area contributed by atoms with E-state index in [9.17, 15) is 13.2 Å². The van der Waals surface area contributed by atoms with Gasteiger partial charge in [-0.25, -0.2) is 13.1 Å². The molecule has 0 spiro atoms. The number of hydrogen-bond donors (Lipinski definition) is 1. The highest BCUT2D eigenvalue weighted by atomic mass is 32.2. The van der Waals surface area contributed by atoms with E-state index in [2.05, 4.69) is 23.5 Å². The maximum atomic E-state index is 13.1. The maximum Gasteiger partial charge on any atom is 0.253 e. The van der Waals surface area contributed by atoms with Gasteiger partial charge < -0.3 is 14.4 Å². The van der Waals surface area contributed by atoms with Gasteiger partial charge in [0.15, 0.2) is 0 Å². The molecule has 2 aliphatic rings. The van der Waals surface area contributed by atoms with Gasteiger partial charge in [-0.15, -0.1) is 0 Å². The van der Waals surface area contributed by atoms with Crippen molar-refractivity contribution in [2.24, 2.45) is 5.92 Å². The number of carbonyl (C=O) groups excluding carboxylic acids is 1. The number of likely N-dealkylation sites (tertiary alicyclic amines) is 1. The molecule has 2 heterocycles. The maximum absolute atomic E-state index is 13.1. The van der Waals surface area contributed by atoms with Gasteiger partial charge >= 0.3 is 0 Å². The lowest BCUT2D eigenvalue weighted by Gasteiger charge is -2.39. The van der Waals surface area contributed by atoms with Crippen LogP contribution in [-0.2, 0) is 14.8 Å². The Morgan fingerprint density at radius 2 is 1.81 bits per heavy atom. The van der Waals surface area contributed by atoms with Crippen LogP contribution in [0.3, 0.4) is 0 Å². The van der Waals surface area contributed by atoms with Crippen LogP contribution in [0.25, 0.3) is 0 Å². The Balaban J connectivity index is 1.64. The van der Waals surface area contributed by atoms with Crippen LogP contribution in [0.1, 0.15) is 50.9 Å². The van der Waals surface area contributed by atoms with Crippen molar-refractivity contribution in [2.45, 2.75) is 63.7 Å². The Bertz CT molecular complexity index is 887. The number of ether oxygens (including phenoxy) is 2. The molecule has 0 aromatic heterocycles. The van der Waals surface area contributed by atoms with Gasteiger partial charge in [-0.05, 0) is 64.7 Å². The average molecular weight is 468 g/mol. The minimum absolute atomic E-state index is 0.00927. The molecule has 9 heteroatoms. The summed E-state index contributed by atoms with van der Waals surface area (Å²) < 4.78 is 39.1. The van der Waals surface area contributed by atoms with E-state index in [0.717, 1.165) is 32.5 Å². The quantitative estimate of drug-likeness (QED) is 0.662. The summed E-state index contributed by atoms with van der Waals surface area (Å²) >= 11 is 0. The third-order valence-corrected chi connectivity index (χ3v) is 7.68. The van der Waals surface area contributed by atoms with E-state index in [1.54, 1.807) is 26.0 Å². The molecule has 1 aromatic carbocycles. The summed E-state index contributed by atoms with van der Waals surface area (Å²) in [6.07, 6.45) is 2.40. The minimum Gasteiger partial charge on any atom is -0.495 e. The van der Waals surface area contributed by atoms with Crippen LogP contribution in [0.4, 0.5) is 0 Å². The second-order valence-electron chi connectivity index (χ2n) is 9.35. The predicted molar refractivity (Wildman–Crippen MR) is 124 cm³/mol. The van der Waals surface area contributed by atoms with Gasteiger partial charge in [-0.2, -0.15) is 0 Å². The number of morpholine rings is 1. The van der Waals surface area contributed by atoms with E-state index >= 15 is 0 Å². The zero-order chi connectivity index (χ0) is 23.5. The zero-order valence-electron chi connectivity index (χ0n) is 19.8. The molecule has 0 saturated carbocycles. The Labute approximate surface area is 192 Å². The lowest BCUT2D eigenvalue weighted by Crippen LogP contribution is -2.48. The van der Waals surface area contributed by atoms with E-state index in [1.165, 1.54) is 13.2 Å². The highest BCUT2D eigenvalue weighted by Crippen LogP contribution is 2.27. The minimum atomic E-state index is -3.78. The first-order valence-electron chi connectivity index (χ1n) is 11.5. The van der Waals surface area contributed by atoms with Crippen LogP contribution in [0, 0.1) is 5.92 Å². The van der Waals surface area contributed by atoms with Crippen LogP contribution in [0.2, 0.25) is 0 Å². The summed E-state index contributed by atoms with van der Waals surface area (Å²) in [6, 6.07) is 4.35. The molecular weight excluding hydrogens is 430 g/mol. The highest BCUT2D eigenvalue weighted by molar-refractivity contribution is 7.89. The Hall–Kier alpha value is -1.68. The van der Waals surface area contributed by atoms with Crippen molar-refractivity contribution in [1.29, 1.82) is 0 Å². The topological polar surface area (TPSA) is 88.2 Å². The molecule has 1 aromatic rings. The van der Waals surface area contributed by atoms with Crippen LogP contribution in [0.15, 0.2) is 23.1 Å². The number of sulfonamides is 1. The van der Waals surface area contributed by atoms with Gasteiger partial charge in [0.1, 0.15) is 10.6 Å². The molecule has 2 fully saturated rings. The van der Waals surface area contributed by atoms with Crippen LogP contribution in [0.5, 0.6) is 5.75 Å². The molecule has 2 aliphatic heterocycles. The van der Waals surface area contributed by atoms with Gasteiger partial charge in [0, 0.05) is 44.3 Å². The normalized spacial score (nSPS) is 23.5. The van der Waals surface area contributed by atoms with Crippen LogP contribution in [-0.4, -0.2) is 82.2 Å². The number of carbonyl (C=O) groups is 1. The number of hydrogen-bond acceptors (Lipinski definition) is 6. The average Bonchev–Trinajstić information content (AvgIpc) is 2.71. The number of methoxy groups -OCH3 is 1. The molecule has 32 heavy (non-hydrogen) atoms. The third kappa shape index (κ3) is 6.21. The molecule has 1 amide bonds. The third-order valence-electron chi connectivity index (χ3n) is 6.00. The molecule has 1 N–H and O–H groups in total. The molecule has 180 valence electrons. The standard InChI is InChI=1S/C23H37N3O5S/c1-16(2)24-32(28,29)22-12-20(6-7-21(22)30-5)23(27)26-10-8-19(9-11-26)15-25-13-17(3)31-18(4)14-25/h6-7,12,16-19,24H,8-11,13-15H2,1-5H3. The molecule has 3 rings (SSSR count). The summed E-state index contributed by atoms with van der Waals surface area (Å²) in [5.41, 5.74) is 0.365. The van der Waals surface area contributed by atoms with E-state index < -0.39 is 10.0 Å². The van der Waals surface area contributed by atoms with Gasteiger partial charge in [0.25, 0.3) is 5.91 Å². The number of nitrogens with zero attached hydrogens (tertiary/aromatic N) is 2. The van der Waals surface area contributed by atoms with Crippen molar-refractivity contribution in [1.82, 2.24) is 14.5 Å². The molecule has 2 unspecified atom stereocenters. The van der Waals surface area contributed by atoms with Gasteiger partial charge in [0.2, 0.25) is 10.0 Å². The van der Waals surface area contributed by atoms with E-state index in [4.69, 9.17) is 9.47 Å². The molecule has 2 saturated heterocycles. The number of nitrogens with one attached hydrogen (secondary N) is 1. The summed E-state index contributed by atoms with van der Waals surface area (Å²) in [5, 5.41) is 0.